The molecule has 0 amide bonds. The van der Waals surface area contributed by atoms with Crippen LogP contribution in [0.2, 0.25) is 5.02 Å². The summed E-state index contributed by atoms with van der Waals surface area (Å²) >= 11 is 6.21. The van der Waals surface area contributed by atoms with Crippen LogP contribution in [-0.4, -0.2) is 18.7 Å². The molecule has 0 atom stereocenters. The zero-order chi connectivity index (χ0) is 14.4. The number of hydrogen-bond acceptors (Lipinski definition) is 5. The van der Waals surface area contributed by atoms with E-state index in [2.05, 4.69) is 10.3 Å². The molecule has 0 spiro atoms. The van der Waals surface area contributed by atoms with Crippen LogP contribution in [0.4, 0.5) is 0 Å². The summed E-state index contributed by atoms with van der Waals surface area (Å²) in [7, 11) is 1.60. The molecule has 0 aliphatic carbocycles. The third-order valence-electron chi connectivity index (χ3n) is 2.70. The van der Waals surface area contributed by atoms with Gasteiger partial charge in [0.05, 0.1) is 24.4 Å². The maximum Gasteiger partial charge on any atom is 0.180 e. The van der Waals surface area contributed by atoms with Crippen molar-refractivity contribution in [2.75, 3.05) is 13.7 Å². The van der Waals surface area contributed by atoms with E-state index in [0.717, 1.165) is 11.3 Å². The SMILES string of the molecule is CCOc1c(Cl)cc(CNCc2cocn2)cc1OC. The molecule has 20 heavy (non-hydrogen) atoms. The highest BCUT2D eigenvalue weighted by Gasteiger charge is 2.11. The van der Waals surface area contributed by atoms with E-state index in [1.54, 1.807) is 13.4 Å². The van der Waals surface area contributed by atoms with Crippen LogP contribution in [0.3, 0.4) is 0 Å². The van der Waals surface area contributed by atoms with Crippen LogP contribution in [0.1, 0.15) is 18.2 Å². The van der Waals surface area contributed by atoms with Crippen molar-refractivity contribution in [2.24, 2.45) is 0 Å². The molecule has 2 rings (SSSR count). The number of halogens is 1. The minimum atomic E-state index is 0.542. The molecular weight excluding hydrogens is 280 g/mol. The van der Waals surface area contributed by atoms with Gasteiger partial charge < -0.3 is 19.2 Å². The van der Waals surface area contributed by atoms with Gasteiger partial charge in [-0.15, -0.1) is 0 Å². The Balaban J connectivity index is 2.02. The van der Waals surface area contributed by atoms with Crippen LogP contribution < -0.4 is 14.8 Å². The van der Waals surface area contributed by atoms with Crippen molar-refractivity contribution in [3.05, 3.63) is 41.1 Å². The van der Waals surface area contributed by atoms with E-state index in [1.807, 2.05) is 19.1 Å². The highest BCUT2D eigenvalue weighted by atomic mass is 35.5. The summed E-state index contributed by atoms with van der Waals surface area (Å²) in [5, 5.41) is 3.80. The van der Waals surface area contributed by atoms with E-state index in [4.69, 9.17) is 25.5 Å². The topological polar surface area (TPSA) is 56.5 Å². The van der Waals surface area contributed by atoms with Gasteiger partial charge in [-0.1, -0.05) is 11.6 Å². The molecule has 2 aromatic rings. The zero-order valence-electron chi connectivity index (χ0n) is 11.5. The lowest BCUT2D eigenvalue weighted by Gasteiger charge is -2.13. The van der Waals surface area contributed by atoms with Crippen LogP contribution in [0.25, 0.3) is 0 Å². The fourth-order valence-electron chi connectivity index (χ4n) is 1.82. The Bertz CT molecular complexity index is 544. The fraction of sp³-hybridized carbons (Fsp3) is 0.357. The van der Waals surface area contributed by atoms with Crippen molar-refractivity contribution in [3.63, 3.8) is 0 Å². The van der Waals surface area contributed by atoms with E-state index in [1.165, 1.54) is 6.39 Å². The van der Waals surface area contributed by atoms with Crippen molar-refractivity contribution in [2.45, 2.75) is 20.0 Å². The number of benzene rings is 1. The first kappa shape index (κ1) is 14.7. The van der Waals surface area contributed by atoms with Crippen LogP contribution >= 0.6 is 11.6 Å². The van der Waals surface area contributed by atoms with E-state index >= 15 is 0 Å². The first-order valence-electron chi connectivity index (χ1n) is 6.31. The molecule has 0 aliphatic rings. The maximum atomic E-state index is 6.21. The summed E-state index contributed by atoms with van der Waals surface area (Å²) in [6.07, 6.45) is 3.02. The quantitative estimate of drug-likeness (QED) is 0.851. The Hall–Kier alpha value is -1.72. The molecule has 0 unspecified atom stereocenters. The largest absolute Gasteiger partial charge is 0.493 e. The highest BCUT2D eigenvalue weighted by Crippen LogP contribution is 2.36. The molecule has 1 aromatic carbocycles. The Morgan fingerprint density at radius 1 is 1.35 bits per heavy atom. The smallest absolute Gasteiger partial charge is 0.180 e. The summed E-state index contributed by atoms with van der Waals surface area (Å²) in [5.41, 5.74) is 1.87. The molecule has 108 valence electrons. The van der Waals surface area contributed by atoms with Crippen LogP contribution in [0.15, 0.2) is 29.2 Å². The molecular formula is C14H17ClN2O3. The van der Waals surface area contributed by atoms with Gasteiger partial charge in [-0.3, -0.25) is 0 Å². The summed E-state index contributed by atoms with van der Waals surface area (Å²) in [4.78, 5) is 4.04. The zero-order valence-corrected chi connectivity index (χ0v) is 12.2. The second-order valence-corrected chi connectivity index (χ2v) is 4.53. The van der Waals surface area contributed by atoms with Crippen molar-refractivity contribution in [1.82, 2.24) is 10.3 Å². The molecule has 1 aromatic heterocycles. The van der Waals surface area contributed by atoms with E-state index in [-0.39, 0.29) is 0 Å². The Morgan fingerprint density at radius 3 is 2.85 bits per heavy atom. The van der Waals surface area contributed by atoms with Gasteiger partial charge in [-0.2, -0.15) is 0 Å². The minimum absolute atomic E-state index is 0.542. The molecule has 6 heteroatoms. The van der Waals surface area contributed by atoms with Crippen molar-refractivity contribution >= 4 is 11.6 Å². The Kier molecular flexibility index (Phi) is 5.26. The van der Waals surface area contributed by atoms with Gasteiger partial charge in [0, 0.05) is 13.1 Å². The van der Waals surface area contributed by atoms with Gasteiger partial charge in [0.2, 0.25) is 0 Å². The second kappa shape index (κ2) is 7.17. The van der Waals surface area contributed by atoms with Crippen molar-refractivity contribution < 1.29 is 13.9 Å². The molecule has 0 saturated carbocycles. The Morgan fingerprint density at radius 2 is 2.20 bits per heavy atom. The van der Waals surface area contributed by atoms with Gasteiger partial charge >= 0.3 is 0 Å². The molecule has 0 bridgehead atoms. The van der Waals surface area contributed by atoms with Gasteiger partial charge in [-0.25, -0.2) is 4.98 Å². The normalized spacial score (nSPS) is 10.6. The average Bonchev–Trinajstić information content (AvgIpc) is 2.94. The summed E-state index contributed by atoms with van der Waals surface area (Å²) in [6, 6.07) is 3.78. The standard InChI is InChI=1S/C14H17ClN2O3/c1-3-20-14-12(15)4-10(5-13(14)18-2)6-16-7-11-8-19-9-17-11/h4-5,8-9,16H,3,6-7H2,1-2H3. The lowest BCUT2D eigenvalue weighted by molar-refractivity contribution is 0.311. The molecule has 0 aliphatic heterocycles. The first-order chi connectivity index (χ1) is 9.74. The molecule has 0 fully saturated rings. The monoisotopic (exact) mass is 296 g/mol. The number of oxazole rings is 1. The number of nitrogens with zero attached hydrogens (tertiary/aromatic N) is 1. The van der Waals surface area contributed by atoms with E-state index in [9.17, 15) is 0 Å². The average molecular weight is 297 g/mol. The highest BCUT2D eigenvalue weighted by molar-refractivity contribution is 6.32. The van der Waals surface area contributed by atoms with Crippen LogP contribution in [0.5, 0.6) is 11.5 Å². The predicted molar refractivity (Wildman–Crippen MR) is 76.2 cm³/mol. The van der Waals surface area contributed by atoms with Crippen LogP contribution in [0, 0.1) is 0 Å². The molecule has 0 saturated heterocycles. The second-order valence-electron chi connectivity index (χ2n) is 4.13. The maximum absolute atomic E-state index is 6.21. The molecule has 1 heterocycles. The van der Waals surface area contributed by atoms with Crippen LogP contribution in [-0.2, 0) is 13.1 Å². The van der Waals surface area contributed by atoms with Crippen molar-refractivity contribution in [3.8, 4) is 11.5 Å². The lowest BCUT2D eigenvalue weighted by Crippen LogP contribution is -2.13. The number of ether oxygens (including phenoxy) is 2. The number of rotatable bonds is 7. The Labute approximate surface area is 122 Å². The summed E-state index contributed by atoms with van der Waals surface area (Å²) in [6.45, 7) is 3.72. The number of methoxy groups -OCH3 is 1. The first-order valence-corrected chi connectivity index (χ1v) is 6.69. The number of hydrogen-bond donors (Lipinski definition) is 1. The third kappa shape index (κ3) is 3.65. The summed E-state index contributed by atoms with van der Waals surface area (Å²) in [5.74, 6) is 1.22. The van der Waals surface area contributed by atoms with Gasteiger partial charge in [0.1, 0.15) is 6.26 Å². The molecule has 0 radical (unpaired) electrons. The van der Waals surface area contributed by atoms with Gasteiger partial charge in [0.15, 0.2) is 17.9 Å². The van der Waals surface area contributed by atoms with Crippen molar-refractivity contribution in [1.29, 1.82) is 0 Å². The predicted octanol–water partition coefficient (Wildman–Crippen LogP) is 3.03. The van der Waals surface area contributed by atoms with Gasteiger partial charge in [0.25, 0.3) is 0 Å². The van der Waals surface area contributed by atoms with Gasteiger partial charge in [-0.05, 0) is 24.6 Å². The minimum Gasteiger partial charge on any atom is -0.493 e. The van der Waals surface area contributed by atoms with E-state index in [0.29, 0.717) is 36.2 Å². The molecule has 5 nitrogen and oxygen atoms in total. The number of nitrogens with one attached hydrogen (secondary N) is 1. The molecule has 1 N–H and O–H groups in total. The fourth-order valence-corrected chi connectivity index (χ4v) is 2.11. The lowest BCUT2D eigenvalue weighted by atomic mass is 10.2. The number of aromatic nitrogens is 1. The van der Waals surface area contributed by atoms with E-state index < -0.39 is 0 Å². The summed E-state index contributed by atoms with van der Waals surface area (Å²) < 4.78 is 15.7. The third-order valence-corrected chi connectivity index (χ3v) is 2.98.